The van der Waals surface area contributed by atoms with Crippen molar-refractivity contribution in [1.82, 2.24) is 10.2 Å². The van der Waals surface area contributed by atoms with Crippen LogP contribution in [-0.2, 0) is 0 Å². The fourth-order valence-corrected chi connectivity index (χ4v) is 2.51. The molecule has 18 heavy (non-hydrogen) atoms. The van der Waals surface area contributed by atoms with Crippen molar-refractivity contribution in [2.75, 3.05) is 20.1 Å². The van der Waals surface area contributed by atoms with Crippen LogP contribution in [-0.4, -0.2) is 37.0 Å². The molecule has 0 saturated carbocycles. The zero-order valence-corrected chi connectivity index (χ0v) is 11.4. The number of hydrogen-bond donors (Lipinski definition) is 1. The fourth-order valence-electron chi connectivity index (χ4n) is 2.29. The van der Waals surface area contributed by atoms with Gasteiger partial charge in [-0.15, -0.1) is 0 Å². The highest BCUT2D eigenvalue weighted by molar-refractivity contribution is 6.33. The molecule has 1 amide bonds. The highest BCUT2D eigenvalue weighted by Crippen LogP contribution is 2.17. The van der Waals surface area contributed by atoms with Gasteiger partial charge in [-0.1, -0.05) is 23.7 Å². The number of nitrogens with one attached hydrogen (secondary N) is 1. The fraction of sp³-hybridized carbons (Fsp3) is 0.500. The lowest BCUT2D eigenvalue weighted by Gasteiger charge is -2.20. The van der Waals surface area contributed by atoms with E-state index in [1.165, 1.54) is 12.8 Å². The van der Waals surface area contributed by atoms with Crippen LogP contribution in [0.15, 0.2) is 24.3 Å². The molecule has 1 fully saturated rings. The summed E-state index contributed by atoms with van der Waals surface area (Å²) in [5, 5.41) is 3.96. The van der Waals surface area contributed by atoms with Gasteiger partial charge in [0.25, 0.3) is 5.91 Å². The van der Waals surface area contributed by atoms with E-state index >= 15 is 0 Å². The summed E-state index contributed by atoms with van der Waals surface area (Å²) in [6.45, 7) is 1.87. The number of benzene rings is 1. The second-order valence-corrected chi connectivity index (χ2v) is 5.20. The molecule has 1 atom stereocenters. The lowest BCUT2D eigenvalue weighted by molar-refractivity contribution is 0.0790. The zero-order valence-electron chi connectivity index (χ0n) is 10.7. The molecule has 2 rings (SSSR count). The molecule has 0 aliphatic carbocycles. The van der Waals surface area contributed by atoms with Gasteiger partial charge in [-0.2, -0.15) is 0 Å². The quantitative estimate of drug-likeness (QED) is 0.908. The largest absolute Gasteiger partial charge is 0.342 e. The topological polar surface area (TPSA) is 32.3 Å². The van der Waals surface area contributed by atoms with Gasteiger partial charge < -0.3 is 10.2 Å². The van der Waals surface area contributed by atoms with Crippen molar-refractivity contribution in [3.8, 4) is 0 Å². The molecule has 0 bridgehead atoms. The van der Waals surface area contributed by atoms with E-state index in [9.17, 15) is 4.79 Å². The summed E-state index contributed by atoms with van der Waals surface area (Å²) in [5.74, 6) is -0.00130. The van der Waals surface area contributed by atoms with E-state index < -0.39 is 0 Å². The predicted octanol–water partition coefficient (Wildman–Crippen LogP) is 2.55. The molecule has 0 spiro atoms. The first kappa shape index (κ1) is 13.4. The third-order valence-electron chi connectivity index (χ3n) is 3.43. The van der Waals surface area contributed by atoms with Crippen molar-refractivity contribution in [2.45, 2.75) is 25.3 Å². The van der Waals surface area contributed by atoms with Crippen LogP contribution >= 0.6 is 11.6 Å². The summed E-state index contributed by atoms with van der Waals surface area (Å²) >= 11 is 6.03. The third-order valence-corrected chi connectivity index (χ3v) is 3.76. The first-order valence-corrected chi connectivity index (χ1v) is 6.79. The van der Waals surface area contributed by atoms with Gasteiger partial charge >= 0.3 is 0 Å². The molecule has 98 valence electrons. The molecular weight excluding hydrogens is 248 g/mol. The highest BCUT2D eigenvalue weighted by atomic mass is 35.5. The Kier molecular flexibility index (Phi) is 4.61. The normalized spacial score (nSPS) is 18.9. The number of carbonyl (C=O) groups is 1. The number of rotatable bonds is 4. The van der Waals surface area contributed by atoms with Crippen molar-refractivity contribution >= 4 is 17.5 Å². The molecule has 1 heterocycles. The molecule has 4 heteroatoms. The second-order valence-electron chi connectivity index (χ2n) is 4.79. The Balaban J connectivity index is 1.90. The summed E-state index contributed by atoms with van der Waals surface area (Å²) in [6, 6.07) is 7.76. The number of hydrogen-bond acceptors (Lipinski definition) is 2. The summed E-state index contributed by atoms with van der Waals surface area (Å²) in [7, 11) is 1.83. The van der Waals surface area contributed by atoms with Crippen molar-refractivity contribution in [3.05, 3.63) is 34.9 Å². The highest BCUT2D eigenvalue weighted by Gasteiger charge is 2.18. The van der Waals surface area contributed by atoms with Crippen LogP contribution in [0.1, 0.15) is 29.6 Å². The number of halogens is 1. The van der Waals surface area contributed by atoms with Crippen LogP contribution in [0, 0.1) is 0 Å². The molecule has 1 aliphatic heterocycles. The maximum absolute atomic E-state index is 12.2. The lowest BCUT2D eigenvalue weighted by atomic mass is 10.1. The van der Waals surface area contributed by atoms with Gasteiger partial charge in [0.2, 0.25) is 0 Å². The number of nitrogens with zero attached hydrogens (tertiary/aromatic N) is 1. The van der Waals surface area contributed by atoms with E-state index in [0.29, 0.717) is 16.6 Å². The molecule has 1 aromatic rings. The van der Waals surface area contributed by atoms with E-state index in [0.717, 1.165) is 19.5 Å². The molecular formula is C14H19ClN2O. The first-order chi connectivity index (χ1) is 8.68. The van der Waals surface area contributed by atoms with E-state index in [1.807, 2.05) is 19.2 Å². The van der Waals surface area contributed by atoms with Gasteiger partial charge in [-0.3, -0.25) is 4.79 Å². The molecule has 0 radical (unpaired) electrons. The SMILES string of the molecule is CN(CCC1CCCN1)C(=O)c1ccccc1Cl. The Hall–Kier alpha value is -1.06. The average Bonchev–Trinajstić information content (AvgIpc) is 2.89. The maximum atomic E-state index is 12.2. The van der Waals surface area contributed by atoms with Gasteiger partial charge in [0, 0.05) is 19.6 Å². The van der Waals surface area contributed by atoms with Crippen molar-refractivity contribution in [2.24, 2.45) is 0 Å². The van der Waals surface area contributed by atoms with E-state index in [1.54, 1.807) is 17.0 Å². The molecule has 1 N–H and O–H groups in total. The standard InChI is InChI=1S/C14H19ClN2O/c1-17(10-8-11-5-4-9-16-11)14(18)12-6-2-3-7-13(12)15/h2-3,6-7,11,16H,4-5,8-10H2,1H3. The number of amides is 1. The van der Waals surface area contributed by atoms with Gasteiger partial charge in [0.15, 0.2) is 0 Å². The number of carbonyl (C=O) groups excluding carboxylic acids is 1. The minimum atomic E-state index is -0.00130. The third kappa shape index (κ3) is 3.24. The molecule has 1 aliphatic rings. The molecule has 1 unspecified atom stereocenters. The molecule has 1 aromatic carbocycles. The van der Waals surface area contributed by atoms with Gasteiger partial charge in [-0.25, -0.2) is 0 Å². The summed E-state index contributed by atoms with van der Waals surface area (Å²) in [6.07, 6.45) is 3.47. The molecule has 0 aromatic heterocycles. The molecule has 3 nitrogen and oxygen atoms in total. The van der Waals surface area contributed by atoms with Crippen LogP contribution < -0.4 is 5.32 Å². The van der Waals surface area contributed by atoms with E-state index in [-0.39, 0.29) is 5.91 Å². The van der Waals surface area contributed by atoms with Crippen molar-refractivity contribution < 1.29 is 4.79 Å². The summed E-state index contributed by atoms with van der Waals surface area (Å²) in [5.41, 5.74) is 0.584. The minimum Gasteiger partial charge on any atom is -0.342 e. The second kappa shape index (κ2) is 6.21. The van der Waals surface area contributed by atoms with Crippen molar-refractivity contribution in [1.29, 1.82) is 0 Å². The average molecular weight is 267 g/mol. The van der Waals surface area contributed by atoms with Crippen molar-refractivity contribution in [3.63, 3.8) is 0 Å². The van der Waals surface area contributed by atoms with Crippen LogP contribution in [0.4, 0.5) is 0 Å². The molecule has 1 saturated heterocycles. The van der Waals surface area contributed by atoms with E-state index in [4.69, 9.17) is 11.6 Å². The van der Waals surface area contributed by atoms with Crippen LogP contribution in [0.25, 0.3) is 0 Å². The van der Waals surface area contributed by atoms with Crippen LogP contribution in [0.3, 0.4) is 0 Å². The Labute approximate surface area is 113 Å². The Morgan fingerprint density at radius 3 is 2.94 bits per heavy atom. The van der Waals surface area contributed by atoms with Gasteiger partial charge in [-0.05, 0) is 37.9 Å². The van der Waals surface area contributed by atoms with Gasteiger partial charge in [0.05, 0.1) is 10.6 Å². The van der Waals surface area contributed by atoms with Gasteiger partial charge in [0.1, 0.15) is 0 Å². The monoisotopic (exact) mass is 266 g/mol. The summed E-state index contributed by atoms with van der Waals surface area (Å²) in [4.78, 5) is 13.9. The van der Waals surface area contributed by atoms with Crippen LogP contribution in [0.2, 0.25) is 5.02 Å². The lowest BCUT2D eigenvalue weighted by Crippen LogP contribution is -2.32. The maximum Gasteiger partial charge on any atom is 0.255 e. The Bertz CT molecular complexity index is 416. The zero-order chi connectivity index (χ0) is 13.0. The summed E-state index contributed by atoms with van der Waals surface area (Å²) < 4.78 is 0. The predicted molar refractivity (Wildman–Crippen MR) is 74.1 cm³/mol. The Morgan fingerprint density at radius 2 is 2.28 bits per heavy atom. The van der Waals surface area contributed by atoms with E-state index in [2.05, 4.69) is 5.32 Å². The van der Waals surface area contributed by atoms with Crippen LogP contribution in [0.5, 0.6) is 0 Å². The smallest absolute Gasteiger partial charge is 0.255 e. The Morgan fingerprint density at radius 1 is 1.50 bits per heavy atom. The minimum absolute atomic E-state index is 0.00130. The first-order valence-electron chi connectivity index (χ1n) is 6.42.